The van der Waals surface area contributed by atoms with Gasteiger partial charge in [-0.1, -0.05) is 6.07 Å². The third-order valence-corrected chi connectivity index (χ3v) is 1.28. The van der Waals surface area contributed by atoms with Gasteiger partial charge in [-0.3, -0.25) is 0 Å². The molecule has 0 heterocycles. The molecule has 0 aliphatic rings. The van der Waals surface area contributed by atoms with Crippen LogP contribution < -0.4 is 4.74 Å². The summed E-state index contributed by atoms with van der Waals surface area (Å²) in [6.45, 7) is 2.27. The maximum atomic E-state index is 5.16. The molecule has 0 aromatic heterocycles. The van der Waals surface area contributed by atoms with Gasteiger partial charge >= 0.3 is 0 Å². The summed E-state index contributed by atoms with van der Waals surface area (Å²) in [5.74, 6) is 0.789. The summed E-state index contributed by atoms with van der Waals surface area (Å²) in [4.78, 5) is 0. The highest BCUT2D eigenvalue weighted by molar-refractivity contribution is 5.24. The molecule has 1 aromatic carbocycles. The molecule has 0 spiro atoms. The Morgan fingerprint density at radius 1 is 1.45 bits per heavy atom. The highest BCUT2D eigenvalue weighted by Gasteiger charge is 1.90. The number of aryl methyl sites for hydroxylation is 1. The van der Waals surface area contributed by atoms with Gasteiger partial charge in [0.25, 0.3) is 0 Å². The van der Waals surface area contributed by atoms with Gasteiger partial charge in [-0.15, -0.1) is 0 Å². The van der Waals surface area contributed by atoms with Crippen molar-refractivity contribution in [3.63, 3.8) is 0 Å². The first kappa shape index (κ1) is 8.08. The van der Waals surface area contributed by atoms with E-state index >= 15 is 0 Å². The molecule has 2 nitrogen and oxygen atoms in total. The van der Waals surface area contributed by atoms with Crippen molar-refractivity contribution < 1.29 is 9.47 Å². The number of ether oxygens (including phenoxy) is 2. The van der Waals surface area contributed by atoms with E-state index in [4.69, 9.17) is 9.47 Å². The van der Waals surface area contributed by atoms with Gasteiger partial charge in [0.15, 0.2) is 6.79 Å². The van der Waals surface area contributed by atoms with Crippen LogP contribution in [-0.4, -0.2) is 13.9 Å². The van der Waals surface area contributed by atoms with E-state index in [9.17, 15) is 0 Å². The Labute approximate surface area is 66.8 Å². The van der Waals surface area contributed by atoms with Gasteiger partial charge in [-0.05, 0) is 30.7 Å². The third-order valence-electron chi connectivity index (χ3n) is 1.28. The van der Waals surface area contributed by atoms with Crippen molar-refractivity contribution in [3.8, 4) is 5.75 Å². The van der Waals surface area contributed by atoms with Crippen LogP contribution in [0.25, 0.3) is 0 Å². The topological polar surface area (TPSA) is 18.5 Å². The number of hydrogen-bond acceptors (Lipinski definition) is 2. The molecule has 0 saturated carbocycles. The number of hydrogen-bond donors (Lipinski definition) is 0. The lowest BCUT2D eigenvalue weighted by Crippen LogP contribution is -1.98. The van der Waals surface area contributed by atoms with Crippen molar-refractivity contribution >= 4 is 0 Å². The molecule has 0 fully saturated rings. The Kier molecular flexibility index (Phi) is 2.93. The molecule has 1 aromatic rings. The van der Waals surface area contributed by atoms with Gasteiger partial charge in [0.2, 0.25) is 0 Å². The minimum atomic E-state index is 0.289. The summed E-state index contributed by atoms with van der Waals surface area (Å²) >= 11 is 0. The van der Waals surface area contributed by atoms with Crippen molar-refractivity contribution in [2.24, 2.45) is 0 Å². The summed E-state index contributed by atoms with van der Waals surface area (Å²) < 4.78 is 9.90. The second-order valence-electron chi connectivity index (χ2n) is 2.26. The Hall–Kier alpha value is -1.02. The number of benzene rings is 1. The standard InChI is InChI=1S/C9H11O2/c1-8-3-5-9(6-4-8)11-7-10-2/h3,5-6H,7H2,1-2H3. The number of rotatable bonds is 3. The first-order valence-corrected chi connectivity index (χ1v) is 3.43. The lowest BCUT2D eigenvalue weighted by atomic mass is 10.2. The monoisotopic (exact) mass is 151 g/mol. The average Bonchev–Trinajstić information content (AvgIpc) is 2.04. The molecule has 0 N–H and O–H groups in total. The second kappa shape index (κ2) is 3.98. The van der Waals surface area contributed by atoms with Crippen LogP contribution in [-0.2, 0) is 4.74 Å². The molecule has 0 atom stereocenters. The normalized spacial score (nSPS) is 9.64. The zero-order valence-corrected chi connectivity index (χ0v) is 6.76. The van der Waals surface area contributed by atoms with Crippen LogP contribution in [0.1, 0.15) is 5.56 Å². The molecule has 0 saturated heterocycles. The van der Waals surface area contributed by atoms with Crippen LogP contribution in [0.2, 0.25) is 0 Å². The van der Waals surface area contributed by atoms with Crippen LogP contribution >= 0.6 is 0 Å². The van der Waals surface area contributed by atoms with E-state index in [0.29, 0.717) is 0 Å². The van der Waals surface area contributed by atoms with Crippen molar-refractivity contribution in [1.82, 2.24) is 0 Å². The second-order valence-corrected chi connectivity index (χ2v) is 2.26. The molecule has 1 rings (SSSR count). The zero-order chi connectivity index (χ0) is 8.10. The Morgan fingerprint density at radius 2 is 2.27 bits per heavy atom. The van der Waals surface area contributed by atoms with Crippen molar-refractivity contribution in [1.29, 1.82) is 0 Å². The Morgan fingerprint density at radius 3 is 2.82 bits per heavy atom. The van der Waals surface area contributed by atoms with Crippen LogP contribution in [0, 0.1) is 13.0 Å². The van der Waals surface area contributed by atoms with Crippen molar-refractivity contribution in [3.05, 3.63) is 29.8 Å². The molecular formula is C9H11O2. The van der Waals surface area contributed by atoms with Crippen LogP contribution in [0.4, 0.5) is 0 Å². The molecular weight excluding hydrogens is 140 g/mol. The lowest BCUT2D eigenvalue weighted by molar-refractivity contribution is 0.0511. The third kappa shape index (κ3) is 2.60. The number of methoxy groups -OCH3 is 1. The summed E-state index contributed by atoms with van der Waals surface area (Å²) in [6, 6.07) is 8.67. The van der Waals surface area contributed by atoms with Crippen molar-refractivity contribution in [2.75, 3.05) is 13.9 Å². The molecule has 0 unspecified atom stereocenters. The van der Waals surface area contributed by atoms with E-state index in [1.807, 2.05) is 19.1 Å². The maximum Gasteiger partial charge on any atom is 0.188 e. The van der Waals surface area contributed by atoms with Crippen LogP contribution in [0.15, 0.2) is 18.2 Å². The van der Waals surface area contributed by atoms with Crippen LogP contribution in [0.5, 0.6) is 5.75 Å². The smallest absolute Gasteiger partial charge is 0.188 e. The van der Waals surface area contributed by atoms with E-state index in [1.54, 1.807) is 13.2 Å². The fourth-order valence-electron chi connectivity index (χ4n) is 0.705. The summed E-state index contributed by atoms with van der Waals surface area (Å²) in [5, 5.41) is 0. The Balaban J connectivity index is 2.52. The van der Waals surface area contributed by atoms with Gasteiger partial charge in [0, 0.05) is 7.11 Å². The lowest BCUT2D eigenvalue weighted by Gasteiger charge is -2.03. The van der Waals surface area contributed by atoms with Crippen LogP contribution in [0.3, 0.4) is 0 Å². The predicted octanol–water partition coefficient (Wildman–Crippen LogP) is 1.78. The van der Waals surface area contributed by atoms with Gasteiger partial charge in [-0.25, -0.2) is 0 Å². The van der Waals surface area contributed by atoms with E-state index in [-0.39, 0.29) is 6.79 Å². The van der Waals surface area contributed by atoms with E-state index in [2.05, 4.69) is 6.07 Å². The average molecular weight is 151 g/mol. The first-order chi connectivity index (χ1) is 5.33. The predicted molar refractivity (Wildman–Crippen MR) is 42.5 cm³/mol. The van der Waals surface area contributed by atoms with Gasteiger partial charge < -0.3 is 9.47 Å². The SMILES string of the molecule is COCOc1c[c]c(C)cc1. The van der Waals surface area contributed by atoms with Gasteiger partial charge in [0.1, 0.15) is 5.75 Å². The first-order valence-electron chi connectivity index (χ1n) is 3.43. The summed E-state index contributed by atoms with van der Waals surface area (Å²) in [5.41, 5.74) is 1.11. The van der Waals surface area contributed by atoms with E-state index in [0.717, 1.165) is 11.3 Å². The zero-order valence-electron chi connectivity index (χ0n) is 6.76. The van der Waals surface area contributed by atoms with Gasteiger partial charge in [0.05, 0.1) is 0 Å². The summed E-state index contributed by atoms with van der Waals surface area (Å²) in [7, 11) is 1.60. The minimum absolute atomic E-state index is 0.289. The molecule has 0 amide bonds. The molecule has 0 aliphatic heterocycles. The highest BCUT2D eigenvalue weighted by Crippen LogP contribution is 2.10. The Bertz CT molecular complexity index is 203. The summed E-state index contributed by atoms with van der Waals surface area (Å²) in [6.07, 6.45) is 0. The molecule has 11 heavy (non-hydrogen) atoms. The fraction of sp³-hybridized carbons (Fsp3) is 0.333. The van der Waals surface area contributed by atoms with E-state index < -0.39 is 0 Å². The maximum absolute atomic E-state index is 5.16. The minimum Gasteiger partial charge on any atom is -0.468 e. The van der Waals surface area contributed by atoms with E-state index in [1.165, 1.54) is 0 Å². The molecule has 0 bridgehead atoms. The van der Waals surface area contributed by atoms with Gasteiger partial charge in [-0.2, -0.15) is 0 Å². The quantitative estimate of drug-likeness (QED) is 0.613. The fourth-order valence-corrected chi connectivity index (χ4v) is 0.705. The largest absolute Gasteiger partial charge is 0.468 e. The molecule has 0 aliphatic carbocycles. The molecule has 2 heteroatoms. The highest BCUT2D eigenvalue weighted by atomic mass is 16.7. The molecule has 1 radical (unpaired) electrons. The molecule has 59 valence electrons. The van der Waals surface area contributed by atoms with Crippen molar-refractivity contribution in [2.45, 2.75) is 6.92 Å².